The summed E-state index contributed by atoms with van der Waals surface area (Å²) in [6.45, 7) is 2.13. The summed E-state index contributed by atoms with van der Waals surface area (Å²) in [7, 11) is 1.50. The Morgan fingerprint density at radius 2 is 2.12 bits per heavy atom. The summed E-state index contributed by atoms with van der Waals surface area (Å²) in [5, 5.41) is 9.15. The van der Waals surface area contributed by atoms with E-state index in [1.807, 2.05) is 12.1 Å². The standard InChI is InChI=1S/C13H18O3/c1-3-4-5-7-10-8-6-9-11(16-2)12(10)13(14)15/h6,8-9H,3-5,7H2,1-2H3,(H,14,15). The summed E-state index contributed by atoms with van der Waals surface area (Å²) in [6, 6.07) is 5.39. The predicted molar refractivity (Wildman–Crippen MR) is 63.2 cm³/mol. The number of benzene rings is 1. The van der Waals surface area contributed by atoms with Crippen LogP contribution in [0.2, 0.25) is 0 Å². The van der Waals surface area contributed by atoms with E-state index in [2.05, 4.69) is 6.92 Å². The van der Waals surface area contributed by atoms with Gasteiger partial charge >= 0.3 is 5.97 Å². The third-order valence-electron chi connectivity index (χ3n) is 2.60. The molecule has 1 rings (SSSR count). The van der Waals surface area contributed by atoms with Crippen LogP contribution < -0.4 is 4.74 Å². The molecule has 88 valence electrons. The summed E-state index contributed by atoms with van der Waals surface area (Å²) in [6.07, 6.45) is 4.07. The van der Waals surface area contributed by atoms with Crippen molar-refractivity contribution in [3.63, 3.8) is 0 Å². The molecule has 16 heavy (non-hydrogen) atoms. The Hall–Kier alpha value is -1.51. The van der Waals surface area contributed by atoms with Crippen molar-refractivity contribution in [3.05, 3.63) is 29.3 Å². The maximum Gasteiger partial charge on any atom is 0.339 e. The Labute approximate surface area is 96.1 Å². The fourth-order valence-corrected chi connectivity index (χ4v) is 1.76. The van der Waals surface area contributed by atoms with Crippen LogP contribution in [0.15, 0.2) is 18.2 Å². The van der Waals surface area contributed by atoms with Crippen molar-refractivity contribution in [2.75, 3.05) is 7.11 Å². The molecule has 0 saturated carbocycles. The first-order valence-electron chi connectivity index (χ1n) is 5.59. The lowest BCUT2D eigenvalue weighted by molar-refractivity contribution is 0.0692. The number of aryl methyl sites for hydroxylation is 1. The molecule has 3 nitrogen and oxygen atoms in total. The lowest BCUT2D eigenvalue weighted by atomic mass is 10.0. The van der Waals surface area contributed by atoms with Crippen LogP contribution in [0.4, 0.5) is 0 Å². The normalized spacial score (nSPS) is 10.1. The number of carbonyl (C=O) groups is 1. The molecular weight excluding hydrogens is 204 g/mol. The largest absolute Gasteiger partial charge is 0.496 e. The molecule has 0 aromatic heterocycles. The van der Waals surface area contributed by atoms with Gasteiger partial charge in [0.15, 0.2) is 0 Å². The summed E-state index contributed by atoms with van der Waals surface area (Å²) in [5.74, 6) is -0.467. The minimum Gasteiger partial charge on any atom is -0.496 e. The van der Waals surface area contributed by atoms with Gasteiger partial charge in [-0.15, -0.1) is 0 Å². The van der Waals surface area contributed by atoms with Gasteiger partial charge in [0.1, 0.15) is 11.3 Å². The number of hydrogen-bond acceptors (Lipinski definition) is 2. The van der Waals surface area contributed by atoms with Crippen LogP contribution in [-0.2, 0) is 6.42 Å². The number of methoxy groups -OCH3 is 1. The van der Waals surface area contributed by atoms with E-state index in [0.29, 0.717) is 11.3 Å². The SMILES string of the molecule is CCCCCc1cccc(OC)c1C(=O)O. The Morgan fingerprint density at radius 3 is 2.69 bits per heavy atom. The van der Waals surface area contributed by atoms with Gasteiger partial charge in [0.05, 0.1) is 7.11 Å². The number of unbranched alkanes of at least 4 members (excludes halogenated alkanes) is 2. The average molecular weight is 222 g/mol. The second-order valence-electron chi connectivity index (χ2n) is 3.76. The third kappa shape index (κ3) is 2.99. The van der Waals surface area contributed by atoms with Gasteiger partial charge in [-0.1, -0.05) is 31.9 Å². The van der Waals surface area contributed by atoms with Crippen molar-refractivity contribution in [2.45, 2.75) is 32.6 Å². The van der Waals surface area contributed by atoms with Crippen molar-refractivity contribution < 1.29 is 14.6 Å². The molecule has 0 saturated heterocycles. The molecule has 0 unspecified atom stereocenters. The van der Waals surface area contributed by atoms with Crippen LogP contribution in [0.1, 0.15) is 42.1 Å². The van der Waals surface area contributed by atoms with Crippen LogP contribution >= 0.6 is 0 Å². The Morgan fingerprint density at radius 1 is 1.38 bits per heavy atom. The van der Waals surface area contributed by atoms with Gasteiger partial charge in [0.25, 0.3) is 0 Å². The predicted octanol–water partition coefficient (Wildman–Crippen LogP) is 3.13. The van der Waals surface area contributed by atoms with Gasteiger partial charge in [0, 0.05) is 0 Å². The minimum atomic E-state index is -0.913. The number of hydrogen-bond donors (Lipinski definition) is 1. The average Bonchev–Trinajstić information content (AvgIpc) is 2.28. The molecule has 0 fully saturated rings. The minimum absolute atomic E-state index is 0.307. The van der Waals surface area contributed by atoms with Crippen LogP contribution in [0.3, 0.4) is 0 Å². The van der Waals surface area contributed by atoms with Crippen LogP contribution in [0.25, 0.3) is 0 Å². The second-order valence-corrected chi connectivity index (χ2v) is 3.76. The second kappa shape index (κ2) is 6.16. The van der Waals surface area contributed by atoms with E-state index >= 15 is 0 Å². The topological polar surface area (TPSA) is 46.5 Å². The smallest absolute Gasteiger partial charge is 0.339 e. The fourth-order valence-electron chi connectivity index (χ4n) is 1.76. The van der Waals surface area contributed by atoms with Crippen molar-refractivity contribution >= 4 is 5.97 Å². The van der Waals surface area contributed by atoms with Gasteiger partial charge in [-0.05, 0) is 24.5 Å². The molecule has 0 aliphatic heterocycles. The van der Waals surface area contributed by atoms with E-state index in [4.69, 9.17) is 9.84 Å². The summed E-state index contributed by atoms with van der Waals surface area (Å²) >= 11 is 0. The molecule has 0 aliphatic carbocycles. The number of aromatic carboxylic acids is 1. The number of carboxylic acids is 1. The number of rotatable bonds is 6. The Kier molecular flexibility index (Phi) is 4.83. The zero-order valence-corrected chi connectivity index (χ0v) is 9.82. The lowest BCUT2D eigenvalue weighted by Gasteiger charge is -2.10. The summed E-state index contributed by atoms with van der Waals surface area (Å²) in [4.78, 5) is 11.2. The van der Waals surface area contributed by atoms with E-state index in [0.717, 1.165) is 31.2 Å². The zero-order valence-electron chi connectivity index (χ0n) is 9.82. The number of ether oxygens (including phenoxy) is 1. The monoisotopic (exact) mass is 222 g/mol. The van der Waals surface area contributed by atoms with Gasteiger partial charge in [-0.25, -0.2) is 4.79 Å². The highest BCUT2D eigenvalue weighted by atomic mass is 16.5. The van der Waals surface area contributed by atoms with Crippen molar-refractivity contribution in [2.24, 2.45) is 0 Å². The molecule has 0 amide bonds. The van der Waals surface area contributed by atoms with Crippen molar-refractivity contribution in [3.8, 4) is 5.75 Å². The van der Waals surface area contributed by atoms with Crippen molar-refractivity contribution in [1.29, 1.82) is 0 Å². The Balaban J connectivity index is 2.93. The molecule has 1 aromatic rings. The van der Waals surface area contributed by atoms with Gasteiger partial charge in [0.2, 0.25) is 0 Å². The maximum absolute atomic E-state index is 11.2. The number of carboxylic acid groups (broad SMARTS) is 1. The highest BCUT2D eigenvalue weighted by molar-refractivity contribution is 5.92. The third-order valence-corrected chi connectivity index (χ3v) is 2.60. The van der Waals surface area contributed by atoms with Crippen LogP contribution in [-0.4, -0.2) is 18.2 Å². The summed E-state index contributed by atoms with van der Waals surface area (Å²) in [5.41, 5.74) is 1.17. The first kappa shape index (κ1) is 12.6. The zero-order chi connectivity index (χ0) is 12.0. The first-order valence-corrected chi connectivity index (χ1v) is 5.59. The molecule has 0 atom stereocenters. The first-order chi connectivity index (χ1) is 7.70. The molecule has 0 spiro atoms. The van der Waals surface area contributed by atoms with E-state index in [9.17, 15) is 4.79 Å². The van der Waals surface area contributed by atoms with Gasteiger partial charge < -0.3 is 9.84 Å². The molecule has 0 bridgehead atoms. The van der Waals surface area contributed by atoms with Crippen molar-refractivity contribution in [1.82, 2.24) is 0 Å². The lowest BCUT2D eigenvalue weighted by Crippen LogP contribution is -2.05. The Bertz CT molecular complexity index is 358. The van der Waals surface area contributed by atoms with Crippen LogP contribution in [0.5, 0.6) is 5.75 Å². The molecule has 0 aliphatic rings. The molecule has 1 N–H and O–H groups in total. The molecule has 0 heterocycles. The molecule has 0 radical (unpaired) electrons. The fraction of sp³-hybridized carbons (Fsp3) is 0.462. The molecule has 1 aromatic carbocycles. The van der Waals surface area contributed by atoms with Gasteiger partial charge in [-0.3, -0.25) is 0 Å². The van der Waals surface area contributed by atoms with E-state index in [1.54, 1.807) is 6.07 Å². The summed E-state index contributed by atoms with van der Waals surface area (Å²) < 4.78 is 5.07. The maximum atomic E-state index is 11.2. The van der Waals surface area contributed by atoms with E-state index < -0.39 is 5.97 Å². The highest BCUT2D eigenvalue weighted by Gasteiger charge is 2.15. The van der Waals surface area contributed by atoms with E-state index in [-0.39, 0.29) is 0 Å². The van der Waals surface area contributed by atoms with Crippen LogP contribution in [0, 0.1) is 0 Å². The quantitative estimate of drug-likeness (QED) is 0.752. The van der Waals surface area contributed by atoms with Gasteiger partial charge in [-0.2, -0.15) is 0 Å². The molecular formula is C13H18O3. The highest BCUT2D eigenvalue weighted by Crippen LogP contribution is 2.23. The van der Waals surface area contributed by atoms with E-state index in [1.165, 1.54) is 7.11 Å². The molecule has 3 heteroatoms.